The first kappa shape index (κ1) is 23.9. The highest BCUT2D eigenvalue weighted by atomic mass is 16.5. The van der Waals surface area contributed by atoms with E-state index in [-0.39, 0.29) is 5.69 Å². The number of aromatic nitrogens is 5. The summed E-state index contributed by atoms with van der Waals surface area (Å²) in [5, 5.41) is 0. The van der Waals surface area contributed by atoms with E-state index < -0.39 is 0 Å². The second-order valence-corrected chi connectivity index (χ2v) is 10.1. The SMILES string of the molecule is [C-]#[N+]c1ccc(-c2nc(OC[C@@H]3CCCN(C)C3)c3cncn3c2-c2ccc3c(c2)n(C)c(=O)n3C)cc1. The number of aryl methyl sites for hydroxylation is 2. The van der Waals surface area contributed by atoms with Crippen LogP contribution in [0, 0.1) is 12.5 Å². The monoisotopic (exact) mass is 507 g/mol. The lowest BCUT2D eigenvalue weighted by molar-refractivity contribution is 0.148. The van der Waals surface area contributed by atoms with Crippen LogP contribution in [0.5, 0.6) is 5.88 Å². The van der Waals surface area contributed by atoms with Crippen molar-refractivity contribution in [2.75, 3.05) is 26.7 Å². The van der Waals surface area contributed by atoms with E-state index in [4.69, 9.17) is 16.3 Å². The van der Waals surface area contributed by atoms with Crippen LogP contribution in [0.2, 0.25) is 0 Å². The fraction of sp³-hybridized carbons (Fsp3) is 0.310. The van der Waals surface area contributed by atoms with E-state index in [9.17, 15) is 4.79 Å². The number of nitrogens with zero attached hydrogens (tertiary/aromatic N) is 7. The van der Waals surface area contributed by atoms with E-state index in [2.05, 4.69) is 21.8 Å². The number of likely N-dealkylation sites (tertiary alicyclic amines) is 1. The van der Waals surface area contributed by atoms with E-state index >= 15 is 0 Å². The van der Waals surface area contributed by atoms with Crippen LogP contribution in [0.3, 0.4) is 0 Å². The van der Waals surface area contributed by atoms with Crippen molar-refractivity contribution in [3.63, 3.8) is 0 Å². The Morgan fingerprint density at radius 2 is 1.79 bits per heavy atom. The number of ether oxygens (including phenoxy) is 1. The molecular formula is C29H29N7O2. The fourth-order valence-electron chi connectivity index (χ4n) is 5.49. The van der Waals surface area contributed by atoms with Gasteiger partial charge in [-0.3, -0.25) is 13.5 Å². The van der Waals surface area contributed by atoms with Gasteiger partial charge in [0.15, 0.2) is 5.69 Å². The number of hydrogen-bond acceptors (Lipinski definition) is 5. The van der Waals surface area contributed by atoms with Crippen LogP contribution in [0.4, 0.5) is 5.69 Å². The third-order valence-electron chi connectivity index (χ3n) is 7.53. The second kappa shape index (κ2) is 9.47. The van der Waals surface area contributed by atoms with Gasteiger partial charge in [-0.1, -0.05) is 30.3 Å². The molecule has 38 heavy (non-hydrogen) atoms. The normalized spacial score (nSPS) is 16.2. The van der Waals surface area contributed by atoms with Crippen LogP contribution >= 0.6 is 0 Å². The summed E-state index contributed by atoms with van der Waals surface area (Å²) in [6.45, 7) is 10.1. The van der Waals surface area contributed by atoms with Crippen molar-refractivity contribution in [2.45, 2.75) is 12.8 Å². The lowest BCUT2D eigenvalue weighted by atomic mass is 10.00. The Morgan fingerprint density at radius 3 is 2.55 bits per heavy atom. The number of hydrogen-bond donors (Lipinski definition) is 0. The number of benzene rings is 2. The minimum absolute atomic E-state index is 0.0740. The maximum atomic E-state index is 12.6. The van der Waals surface area contributed by atoms with Gasteiger partial charge in [0.1, 0.15) is 5.52 Å². The molecule has 9 nitrogen and oxygen atoms in total. The van der Waals surface area contributed by atoms with Crippen LogP contribution in [0.15, 0.2) is 59.8 Å². The molecule has 6 rings (SSSR count). The molecule has 3 aromatic heterocycles. The molecule has 1 fully saturated rings. The summed E-state index contributed by atoms with van der Waals surface area (Å²) in [6, 6.07) is 13.4. The fourth-order valence-corrected chi connectivity index (χ4v) is 5.49. The van der Waals surface area contributed by atoms with Crippen LogP contribution in [0.1, 0.15) is 12.8 Å². The van der Waals surface area contributed by atoms with Crippen molar-refractivity contribution in [3.8, 4) is 28.4 Å². The first-order chi connectivity index (χ1) is 18.4. The quantitative estimate of drug-likeness (QED) is 0.327. The molecule has 9 heteroatoms. The Balaban J connectivity index is 1.52. The molecule has 1 saturated heterocycles. The Kier molecular flexibility index (Phi) is 5.97. The number of fused-ring (bicyclic) bond motifs is 2. The molecule has 2 aromatic carbocycles. The molecule has 0 saturated carbocycles. The van der Waals surface area contributed by atoms with Gasteiger partial charge in [0.2, 0.25) is 5.88 Å². The van der Waals surface area contributed by atoms with Gasteiger partial charge in [-0.25, -0.2) is 19.6 Å². The van der Waals surface area contributed by atoms with Crippen LogP contribution in [-0.2, 0) is 14.1 Å². The molecule has 192 valence electrons. The summed E-state index contributed by atoms with van der Waals surface area (Å²) < 4.78 is 11.7. The van der Waals surface area contributed by atoms with E-state index in [0.29, 0.717) is 24.1 Å². The minimum atomic E-state index is -0.0740. The molecule has 1 atom stereocenters. The molecule has 0 unspecified atom stereocenters. The largest absolute Gasteiger partial charge is 0.476 e. The first-order valence-corrected chi connectivity index (χ1v) is 12.8. The highest BCUT2D eigenvalue weighted by Gasteiger charge is 2.22. The van der Waals surface area contributed by atoms with Crippen molar-refractivity contribution in [1.82, 2.24) is 28.4 Å². The van der Waals surface area contributed by atoms with Crippen LogP contribution in [-0.4, -0.2) is 55.1 Å². The van der Waals surface area contributed by atoms with Gasteiger partial charge in [-0.05, 0) is 44.1 Å². The molecule has 0 radical (unpaired) electrons. The van der Waals surface area contributed by atoms with Gasteiger partial charge < -0.3 is 9.64 Å². The smallest absolute Gasteiger partial charge is 0.328 e. The van der Waals surface area contributed by atoms with Gasteiger partial charge >= 0.3 is 5.69 Å². The van der Waals surface area contributed by atoms with E-state index in [1.807, 2.05) is 34.7 Å². The van der Waals surface area contributed by atoms with Crippen LogP contribution in [0.25, 0.3) is 43.9 Å². The zero-order chi connectivity index (χ0) is 26.4. The van der Waals surface area contributed by atoms with Crippen molar-refractivity contribution >= 4 is 22.2 Å². The Labute approximate surface area is 220 Å². The van der Waals surface area contributed by atoms with Crippen molar-refractivity contribution in [3.05, 3.63) is 76.9 Å². The molecule has 0 spiro atoms. The average Bonchev–Trinajstić information content (AvgIpc) is 3.51. The third kappa shape index (κ3) is 4.03. The van der Waals surface area contributed by atoms with E-state index in [1.165, 1.54) is 6.42 Å². The first-order valence-electron chi connectivity index (χ1n) is 12.8. The predicted molar refractivity (Wildman–Crippen MR) is 148 cm³/mol. The highest BCUT2D eigenvalue weighted by Crippen LogP contribution is 2.37. The van der Waals surface area contributed by atoms with Crippen molar-refractivity contribution < 1.29 is 4.74 Å². The van der Waals surface area contributed by atoms with Gasteiger partial charge in [0, 0.05) is 32.1 Å². The predicted octanol–water partition coefficient (Wildman–Crippen LogP) is 4.53. The molecule has 1 aliphatic rings. The summed E-state index contributed by atoms with van der Waals surface area (Å²) in [6.07, 6.45) is 5.86. The van der Waals surface area contributed by atoms with Crippen molar-refractivity contribution in [2.24, 2.45) is 20.0 Å². The molecule has 0 aliphatic carbocycles. The van der Waals surface area contributed by atoms with Crippen molar-refractivity contribution in [1.29, 1.82) is 0 Å². The third-order valence-corrected chi connectivity index (χ3v) is 7.53. The minimum Gasteiger partial charge on any atom is -0.476 e. The zero-order valence-corrected chi connectivity index (χ0v) is 21.8. The topological polar surface area (TPSA) is 73.9 Å². The van der Waals surface area contributed by atoms with Crippen LogP contribution < -0.4 is 10.4 Å². The lowest BCUT2D eigenvalue weighted by Crippen LogP contribution is -2.34. The Hall–Kier alpha value is -4.42. The van der Waals surface area contributed by atoms with Gasteiger partial charge in [0.25, 0.3) is 0 Å². The summed E-state index contributed by atoms with van der Waals surface area (Å²) in [4.78, 5) is 28.0. The Bertz CT molecular complexity index is 1750. The average molecular weight is 508 g/mol. The summed E-state index contributed by atoms with van der Waals surface area (Å²) in [5.74, 6) is 0.985. The summed E-state index contributed by atoms with van der Waals surface area (Å²) >= 11 is 0. The van der Waals surface area contributed by atoms with Gasteiger partial charge in [-0.15, -0.1) is 0 Å². The molecule has 5 aromatic rings. The molecule has 0 amide bonds. The molecular weight excluding hydrogens is 478 g/mol. The maximum Gasteiger partial charge on any atom is 0.328 e. The maximum absolute atomic E-state index is 12.6. The summed E-state index contributed by atoms with van der Waals surface area (Å²) in [7, 11) is 5.71. The number of piperidine rings is 1. The second-order valence-electron chi connectivity index (χ2n) is 10.1. The van der Waals surface area contributed by atoms with Gasteiger partial charge in [-0.2, -0.15) is 0 Å². The lowest BCUT2D eigenvalue weighted by Gasteiger charge is -2.29. The number of rotatable bonds is 5. The Morgan fingerprint density at radius 1 is 1.03 bits per heavy atom. The molecule has 0 N–H and O–H groups in total. The number of imidazole rings is 2. The van der Waals surface area contributed by atoms with E-state index in [0.717, 1.165) is 58.6 Å². The standard InChI is InChI=1S/C29H29N7O2/c1-30-22-10-7-20(8-11-22)26-27(21-9-12-23-24(14-21)35(4)29(37)34(23)3)36-18-31-15-25(36)28(32-26)38-17-19-6-5-13-33(2)16-19/h7-12,14-15,18-19H,5-6,13,16-17H2,2-4H3/t19-/m1/s1. The zero-order valence-electron chi connectivity index (χ0n) is 21.8. The molecule has 4 heterocycles. The van der Waals surface area contributed by atoms with Gasteiger partial charge in [0.05, 0.1) is 48.1 Å². The highest BCUT2D eigenvalue weighted by molar-refractivity contribution is 5.88. The molecule has 0 bridgehead atoms. The van der Waals surface area contributed by atoms with E-state index in [1.54, 1.807) is 47.9 Å². The summed E-state index contributed by atoms with van der Waals surface area (Å²) in [5.41, 5.74) is 6.31. The molecule has 1 aliphatic heterocycles.